The second-order valence-electron chi connectivity index (χ2n) is 5.36. The fraction of sp³-hybridized carbons (Fsp3) is 0.625. The molecule has 0 spiro atoms. The van der Waals surface area contributed by atoms with Crippen LogP contribution in [0.4, 0.5) is 0 Å². The van der Waals surface area contributed by atoms with Crippen LogP contribution in [0.1, 0.15) is 43.1 Å². The molecule has 3 heteroatoms. The van der Waals surface area contributed by atoms with Crippen molar-refractivity contribution in [3.05, 3.63) is 34.9 Å². The summed E-state index contributed by atoms with van der Waals surface area (Å²) in [5.74, 6) is 0. The van der Waals surface area contributed by atoms with Gasteiger partial charge >= 0.3 is 0 Å². The molecule has 1 aromatic carbocycles. The molecule has 0 fully saturated rings. The van der Waals surface area contributed by atoms with E-state index in [9.17, 15) is 5.11 Å². The second kappa shape index (κ2) is 7.04. The zero-order valence-electron chi connectivity index (χ0n) is 12.2. The highest BCUT2D eigenvalue weighted by Crippen LogP contribution is 2.21. The Hall–Kier alpha value is -0.900. The first-order valence-corrected chi connectivity index (χ1v) is 7.47. The van der Waals surface area contributed by atoms with E-state index in [4.69, 9.17) is 0 Å². The van der Waals surface area contributed by atoms with Crippen molar-refractivity contribution in [2.45, 2.75) is 39.3 Å². The quantitative estimate of drug-likeness (QED) is 0.824. The highest BCUT2D eigenvalue weighted by atomic mass is 16.3. The maximum Gasteiger partial charge on any atom is 0.0917 e. The highest BCUT2D eigenvalue weighted by molar-refractivity contribution is 5.34. The summed E-state index contributed by atoms with van der Waals surface area (Å²) in [7, 11) is 0. The van der Waals surface area contributed by atoms with Gasteiger partial charge in [0, 0.05) is 13.1 Å². The van der Waals surface area contributed by atoms with Crippen LogP contribution in [0.2, 0.25) is 0 Å². The molecule has 1 aromatic rings. The number of aliphatic hydroxyl groups is 1. The van der Waals surface area contributed by atoms with E-state index in [-0.39, 0.29) is 6.10 Å². The van der Waals surface area contributed by atoms with Crippen LogP contribution in [0.25, 0.3) is 0 Å². The molecule has 0 amide bonds. The molecule has 0 aliphatic carbocycles. The molecule has 0 radical (unpaired) electrons. The van der Waals surface area contributed by atoms with Gasteiger partial charge < -0.3 is 15.3 Å². The van der Waals surface area contributed by atoms with Crippen molar-refractivity contribution in [2.24, 2.45) is 0 Å². The zero-order valence-corrected chi connectivity index (χ0v) is 12.2. The largest absolute Gasteiger partial charge is 0.387 e. The fourth-order valence-corrected chi connectivity index (χ4v) is 2.75. The van der Waals surface area contributed by atoms with Crippen molar-refractivity contribution in [1.29, 1.82) is 0 Å². The van der Waals surface area contributed by atoms with Gasteiger partial charge in [-0.3, -0.25) is 0 Å². The maximum absolute atomic E-state index is 10.4. The van der Waals surface area contributed by atoms with Crippen LogP contribution in [0.3, 0.4) is 0 Å². The Morgan fingerprint density at radius 2 is 2.16 bits per heavy atom. The third kappa shape index (κ3) is 3.78. The number of aliphatic hydroxyl groups excluding tert-OH is 1. The summed E-state index contributed by atoms with van der Waals surface area (Å²) < 4.78 is 0. The number of hydrogen-bond acceptors (Lipinski definition) is 3. The highest BCUT2D eigenvalue weighted by Gasteiger charge is 2.15. The fourth-order valence-electron chi connectivity index (χ4n) is 2.75. The lowest BCUT2D eigenvalue weighted by molar-refractivity contribution is 0.116. The lowest BCUT2D eigenvalue weighted by atomic mass is 9.96. The smallest absolute Gasteiger partial charge is 0.0917 e. The standard InChI is InChI=1S/C16H26N2O/c1-3-9-18(4-2)12-16(19)14-6-5-13-7-8-17-11-15(13)10-14/h5-6,10,16-17,19H,3-4,7-9,11-12H2,1-2H3. The molecule has 2 N–H and O–H groups in total. The predicted molar refractivity (Wildman–Crippen MR) is 79.2 cm³/mol. The SMILES string of the molecule is CCCN(CC)CC(O)c1ccc2c(c1)CNCC2. The van der Waals surface area contributed by atoms with E-state index in [1.807, 2.05) is 0 Å². The van der Waals surface area contributed by atoms with Gasteiger partial charge in [0.25, 0.3) is 0 Å². The number of nitrogens with zero attached hydrogens (tertiary/aromatic N) is 1. The Morgan fingerprint density at radius 3 is 2.89 bits per heavy atom. The van der Waals surface area contributed by atoms with Crippen molar-refractivity contribution in [2.75, 3.05) is 26.2 Å². The van der Waals surface area contributed by atoms with Crippen LogP contribution >= 0.6 is 0 Å². The molecule has 106 valence electrons. The van der Waals surface area contributed by atoms with Gasteiger partial charge in [0.15, 0.2) is 0 Å². The molecule has 0 bridgehead atoms. The number of benzene rings is 1. The molecule has 1 atom stereocenters. The summed E-state index contributed by atoms with van der Waals surface area (Å²) >= 11 is 0. The first-order valence-electron chi connectivity index (χ1n) is 7.47. The monoisotopic (exact) mass is 262 g/mol. The third-order valence-corrected chi connectivity index (χ3v) is 3.92. The first-order chi connectivity index (χ1) is 9.24. The van der Waals surface area contributed by atoms with Crippen LogP contribution in [-0.4, -0.2) is 36.2 Å². The Morgan fingerprint density at radius 1 is 1.32 bits per heavy atom. The first kappa shape index (κ1) is 14.5. The van der Waals surface area contributed by atoms with Gasteiger partial charge in [0.1, 0.15) is 0 Å². The molecule has 1 aliphatic rings. The minimum Gasteiger partial charge on any atom is -0.387 e. The third-order valence-electron chi connectivity index (χ3n) is 3.92. The van der Waals surface area contributed by atoms with Gasteiger partial charge in [-0.1, -0.05) is 32.0 Å². The molecule has 2 rings (SSSR count). The molecule has 19 heavy (non-hydrogen) atoms. The lowest BCUT2D eigenvalue weighted by Gasteiger charge is -2.24. The molecule has 1 unspecified atom stereocenters. The summed E-state index contributed by atoms with van der Waals surface area (Å²) in [5, 5.41) is 13.8. The second-order valence-corrected chi connectivity index (χ2v) is 5.36. The molecular weight excluding hydrogens is 236 g/mol. The Bertz CT molecular complexity index is 406. The average Bonchev–Trinajstić information content (AvgIpc) is 2.46. The van der Waals surface area contributed by atoms with Crippen LogP contribution in [0, 0.1) is 0 Å². The maximum atomic E-state index is 10.4. The van der Waals surface area contributed by atoms with Crippen LogP contribution in [0.5, 0.6) is 0 Å². The minimum absolute atomic E-state index is 0.376. The Kier molecular flexibility index (Phi) is 5.37. The van der Waals surface area contributed by atoms with Gasteiger partial charge in [-0.15, -0.1) is 0 Å². The van der Waals surface area contributed by atoms with E-state index in [0.717, 1.165) is 51.1 Å². The van der Waals surface area contributed by atoms with Crippen LogP contribution in [0.15, 0.2) is 18.2 Å². The lowest BCUT2D eigenvalue weighted by Crippen LogP contribution is -2.29. The van der Waals surface area contributed by atoms with Crippen molar-refractivity contribution in [3.63, 3.8) is 0 Å². The number of nitrogens with one attached hydrogen (secondary N) is 1. The summed E-state index contributed by atoms with van der Waals surface area (Å²) in [6.07, 6.45) is 1.86. The van der Waals surface area contributed by atoms with Crippen LogP contribution in [-0.2, 0) is 13.0 Å². The van der Waals surface area contributed by atoms with E-state index < -0.39 is 0 Å². The number of rotatable bonds is 6. The molecular formula is C16H26N2O. The van der Waals surface area contributed by atoms with Crippen molar-refractivity contribution < 1.29 is 5.11 Å². The summed E-state index contributed by atoms with van der Waals surface area (Å²) in [5.41, 5.74) is 3.83. The molecule has 0 saturated heterocycles. The van der Waals surface area contributed by atoms with E-state index >= 15 is 0 Å². The Labute approximate surface area is 116 Å². The van der Waals surface area contributed by atoms with Gasteiger partial charge in [0.2, 0.25) is 0 Å². The van der Waals surface area contributed by atoms with E-state index in [2.05, 4.69) is 42.3 Å². The van der Waals surface area contributed by atoms with E-state index in [0.29, 0.717) is 0 Å². The molecule has 1 heterocycles. The van der Waals surface area contributed by atoms with Crippen molar-refractivity contribution in [3.8, 4) is 0 Å². The molecule has 3 nitrogen and oxygen atoms in total. The van der Waals surface area contributed by atoms with Crippen LogP contribution < -0.4 is 5.32 Å². The minimum atomic E-state index is -0.376. The summed E-state index contributed by atoms with van der Waals surface area (Å²) in [6, 6.07) is 6.45. The molecule has 1 aliphatic heterocycles. The normalized spacial score (nSPS) is 16.4. The van der Waals surface area contributed by atoms with Crippen molar-refractivity contribution in [1.82, 2.24) is 10.2 Å². The summed E-state index contributed by atoms with van der Waals surface area (Å²) in [4.78, 5) is 2.31. The van der Waals surface area contributed by atoms with Gasteiger partial charge in [0.05, 0.1) is 6.10 Å². The van der Waals surface area contributed by atoms with Gasteiger partial charge in [-0.05, 0) is 49.2 Å². The van der Waals surface area contributed by atoms with Crippen molar-refractivity contribution >= 4 is 0 Å². The topological polar surface area (TPSA) is 35.5 Å². The molecule has 0 aromatic heterocycles. The van der Waals surface area contributed by atoms with E-state index in [1.165, 1.54) is 11.1 Å². The van der Waals surface area contributed by atoms with Gasteiger partial charge in [-0.2, -0.15) is 0 Å². The van der Waals surface area contributed by atoms with Gasteiger partial charge in [-0.25, -0.2) is 0 Å². The molecule has 0 saturated carbocycles. The predicted octanol–water partition coefficient (Wildman–Crippen LogP) is 2.10. The zero-order chi connectivity index (χ0) is 13.7. The number of hydrogen-bond donors (Lipinski definition) is 2. The number of fused-ring (bicyclic) bond motifs is 1. The number of likely N-dealkylation sites (N-methyl/N-ethyl adjacent to an activating group) is 1. The Balaban J connectivity index is 2.04. The summed E-state index contributed by atoms with van der Waals surface area (Å²) in [6.45, 7) is 9.12. The average molecular weight is 262 g/mol. The van der Waals surface area contributed by atoms with E-state index in [1.54, 1.807) is 0 Å².